The van der Waals surface area contributed by atoms with Crippen molar-refractivity contribution < 1.29 is 9.72 Å². The molecule has 0 aromatic carbocycles. The first-order chi connectivity index (χ1) is 9.43. The van der Waals surface area contributed by atoms with Crippen LogP contribution in [-0.2, 0) is 4.79 Å². The molecule has 0 aliphatic carbocycles. The van der Waals surface area contributed by atoms with Crippen LogP contribution in [0.5, 0.6) is 0 Å². The minimum Gasteiger partial charge on any atom is -0.357 e. The highest BCUT2D eigenvalue weighted by Gasteiger charge is 2.17. The zero-order valence-corrected chi connectivity index (χ0v) is 11.6. The lowest BCUT2D eigenvalue weighted by Crippen LogP contribution is -2.32. The van der Waals surface area contributed by atoms with E-state index in [0.717, 1.165) is 6.20 Å². The highest BCUT2D eigenvalue weighted by molar-refractivity contribution is 5.81. The van der Waals surface area contributed by atoms with Gasteiger partial charge in [0.2, 0.25) is 17.7 Å². The summed E-state index contributed by atoms with van der Waals surface area (Å²) in [4.78, 5) is 29.5. The number of amides is 1. The summed E-state index contributed by atoms with van der Waals surface area (Å²) in [5, 5.41) is 18.9. The van der Waals surface area contributed by atoms with Gasteiger partial charge in [-0.15, -0.1) is 0 Å². The second-order valence-electron chi connectivity index (χ2n) is 4.49. The van der Waals surface area contributed by atoms with Crippen LogP contribution in [-0.4, -0.2) is 40.9 Å². The van der Waals surface area contributed by atoms with E-state index in [9.17, 15) is 14.9 Å². The maximum Gasteiger partial charge on any atom is 0.329 e. The molecule has 1 amide bonds. The molecular formula is C11H18N6O3. The maximum absolute atomic E-state index is 11.6. The molecule has 0 atom stereocenters. The molecule has 0 unspecified atom stereocenters. The smallest absolute Gasteiger partial charge is 0.329 e. The van der Waals surface area contributed by atoms with E-state index < -0.39 is 4.92 Å². The van der Waals surface area contributed by atoms with E-state index in [1.807, 2.05) is 13.8 Å². The Balaban J connectivity index is 2.70. The van der Waals surface area contributed by atoms with Crippen molar-refractivity contribution in [1.82, 2.24) is 15.3 Å². The maximum atomic E-state index is 11.6. The molecule has 9 heteroatoms. The topological polar surface area (TPSA) is 122 Å². The number of rotatable bonds is 7. The minimum absolute atomic E-state index is 0.00838. The van der Waals surface area contributed by atoms with Crippen LogP contribution in [0.2, 0.25) is 0 Å². The molecule has 1 aromatic heterocycles. The number of nitrogens with one attached hydrogen (secondary N) is 3. The molecule has 110 valence electrons. The van der Waals surface area contributed by atoms with E-state index in [1.165, 1.54) is 0 Å². The van der Waals surface area contributed by atoms with Gasteiger partial charge in [0.15, 0.2) is 0 Å². The Kier molecular flexibility index (Phi) is 5.63. The third-order valence-electron chi connectivity index (χ3n) is 2.31. The van der Waals surface area contributed by atoms with Crippen molar-refractivity contribution >= 4 is 23.4 Å². The summed E-state index contributed by atoms with van der Waals surface area (Å²) < 4.78 is 0. The molecule has 1 heterocycles. The monoisotopic (exact) mass is 282 g/mol. The molecule has 0 radical (unpaired) electrons. The largest absolute Gasteiger partial charge is 0.357 e. The number of hydrogen-bond donors (Lipinski definition) is 3. The van der Waals surface area contributed by atoms with E-state index in [-0.39, 0.29) is 29.9 Å². The van der Waals surface area contributed by atoms with Crippen molar-refractivity contribution in [3.8, 4) is 0 Å². The fourth-order valence-electron chi connectivity index (χ4n) is 1.30. The van der Waals surface area contributed by atoms with E-state index in [0.29, 0.717) is 12.5 Å². The number of aromatic nitrogens is 2. The number of hydrogen-bond acceptors (Lipinski definition) is 7. The normalized spacial score (nSPS) is 10.2. The minimum atomic E-state index is -0.603. The van der Waals surface area contributed by atoms with Crippen molar-refractivity contribution in [3.05, 3.63) is 16.3 Å². The van der Waals surface area contributed by atoms with Crippen LogP contribution >= 0.6 is 0 Å². The Hall–Kier alpha value is -2.45. The SMILES string of the molecule is CNc1ncc([N+](=O)[O-])c(NCC(=O)NCC(C)C)n1. The summed E-state index contributed by atoms with van der Waals surface area (Å²) in [5.74, 6) is 0.329. The van der Waals surface area contributed by atoms with Crippen molar-refractivity contribution in [2.75, 3.05) is 30.8 Å². The molecule has 0 aliphatic heterocycles. The average Bonchev–Trinajstić information content (AvgIpc) is 2.42. The van der Waals surface area contributed by atoms with Gasteiger partial charge in [0.05, 0.1) is 11.5 Å². The van der Waals surface area contributed by atoms with Gasteiger partial charge in [0.25, 0.3) is 0 Å². The predicted molar refractivity (Wildman–Crippen MR) is 74.6 cm³/mol. The van der Waals surface area contributed by atoms with Gasteiger partial charge in [-0.05, 0) is 5.92 Å². The third-order valence-corrected chi connectivity index (χ3v) is 2.31. The average molecular weight is 282 g/mol. The summed E-state index contributed by atoms with van der Waals surface area (Å²) in [6.07, 6.45) is 1.09. The Morgan fingerprint density at radius 1 is 1.50 bits per heavy atom. The standard InChI is InChI=1S/C11H18N6O3/c1-7(2)4-13-9(18)6-14-10-8(17(19)20)5-15-11(12-3)16-10/h5,7H,4,6H2,1-3H3,(H,13,18)(H2,12,14,15,16). The Morgan fingerprint density at radius 2 is 2.20 bits per heavy atom. The number of carbonyl (C=O) groups excluding carboxylic acids is 1. The first-order valence-corrected chi connectivity index (χ1v) is 6.13. The second kappa shape index (κ2) is 7.22. The van der Waals surface area contributed by atoms with Crippen LogP contribution in [0, 0.1) is 16.0 Å². The van der Waals surface area contributed by atoms with Crippen LogP contribution < -0.4 is 16.0 Å². The van der Waals surface area contributed by atoms with Crippen LogP contribution in [0.1, 0.15) is 13.8 Å². The second-order valence-corrected chi connectivity index (χ2v) is 4.49. The zero-order valence-electron chi connectivity index (χ0n) is 11.6. The van der Waals surface area contributed by atoms with Crippen LogP contribution in [0.4, 0.5) is 17.5 Å². The van der Waals surface area contributed by atoms with Gasteiger partial charge in [-0.1, -0.05) is 13.8 Å². The summed E-state index contributed by atoms with van der Waals surface area (Å²) in [5.41, 5.74) is -0.277. The van der Waals surface area contributed by atoms with Crippen molar-refractivity contribution in [1.29, 1.82) is 0 Å². The number of anilines is 2. The lowest BCUT2D eigenvalue weighted by Gasteiger charge is -2.09. The number of nitro groups is 1. The summed E-state index contributed by atoms with van der Waals surface area (Å²) in [7, 11) is 1.60. The van der Waals surface area contributed by atoms with Gasteiger partial charge in [0.1, 0.15) is 6.20 Å². The highest BCUT2D eigenvalue weighted by atomic mass is 16.6. The molecule has 1 rings (SSSR count). The first-order valence-electron chi connectivity index (χ1n) is 6.13. The van der Waals surface area contributed by atoms with E-state index in [1.54, 1.807) is 7.05 Å². The zero-order chi connectivity index (χ0) is 15.1. The van der Waals surface area contributed by atoms with Crippen LogP contribution in [0.25, 0.3) is 0 Å². The Morgan fingerprint density at radius 3 is 2.75 bits per heavy atom. The fraction of sp³-hybridized carbons (Fsp3) is 0.545. The fourth-order valence-corrected chi connectivity index (χ4v) is 1.30. The molecule has 0 saturated heterocycles. The van der Waals surface area contributed by atoms with Gasteiger partial charge in [0, 0.05) is 13.6 Å². The predicted octanol–water partition coefficient (Wildman–Crippen LogP) is 0.611. The molecule has 0 saturated carbocycles. The van der Waals surface area contributed by atoms with Gasteiger partial charge >= 0.3 is 5.69 Å². The van der Waals surface area contributed by atoms with Gasteiger partial charge in [-0.25, -0.2) is 4.98 Å². The lowest BCUT2D eigenvalue weighted by atomic mass is 10.2. The van der Waals surface area contributed by atoms with Gasteiger partial charge < -0.3 is 16.0 Å². The van der Waals surface area contributed by atoms with Crippen molar-refractivity contribution in [2.24, 2.45) is 5.92 Å². The molecule has 20 heavy (non-hydrogen) atoms. The van der Waals surface area contributed by atoms with E-state index in [4.69, 9.17) is 0 Å². The Labute approximate surface area is 116 Å². The third kappa shape index (κ3) is 4.67. The lowest BCUT2D eigenvalue weighted by molar-refractivity contribution is -0.384. The van der Waals surface area contributed by atoms with Crippen LogP contribution in [0.15, 0.2) is 6.20 Å². The number of nitrogens with zero attached hydrogens (tertiary/aromatic N) is 3. The molecule has 0 aliphatic rings. The van der Waals surface area contributed by atoms with Crippen molar-refractivity contribution in [2.45, 2.75) is 13.8 Å². The molecule has 9 nitrogen and oxygen atoms in total. The highest BCUT2D eigenvalue weighted by Crippen LogP contribution is 2.21. The summed E-state index contributed by atoms with van der Waals surface area (Å²) in [6.45, 7) is 4.41. The first kappa shape index (κ1) is 15.6. The van der Waals surface area contributed by atoms with Crippen LogP contribution in [0.3, 0.4) is 0 Å². The molecule has 0 spiro atoms. The molecule has 0 fully saturated rings. The van der Waals surface area contributed by atoms with Gasteiger partial charge in [-0.2, -0.15) is 4.98 Å². The molecule has 3 N–H and O–H groups in total. The number of carbonyl (C=O) groups is 1. The summed E-state index contributed by atoms with van der Waals surface area (Å²) in [6, 6.07) is 0. The van der Waals surface area contributed by atoms with E-state index >= 15 is 0 Å². The molecule has 0 bridgehead atoms. The molecule has 1 aromatic rings. The van der Waals surface area contributed by atoms with Crippen molar-refractivity contribution in [3.63, 3.8) is 0 Å². The summed E-state index contributed by atoms with van der Waals surface area (Å²) >= 11 is 0. The quantitative estimate of drug-likeness (QED) is 0.494. The van der Waals surface area contributed by atoms with Gasteiger partial charge in [-0.3, -0.25) is 14.9 Å². The Bertz CT molecular complexity index is 491. The van der Waals surface area contributed by atoms with E-state index in [2.05, 4.69) is 25.9 Å². The molecular weight excluding hydrogens is 264 g/mol.